The monoisotopic (exact) mass is 393 g/mol. The lowest BCUT2D eigenvalue weighted by molar-refractivity contribution is -0.134. The van der Waals surface area contributed by atoms with E-state index in [-0.39, 0.29) is 36.8 Å². The normalized spacial score (nSPS) is 22.2. The zero-order valence-electron chi connectivity index (χ0n) is 14.9. The van der Waals surface area contributed by atoms with Crippen molar-refractivity contribution in [1.29, 1.82) is 0 Å². The van der Waals surface area contributed by atoms with Gasteiger partial charge in [0, 0.05) is 17.8 Å². The minimum atomic E-state index is 0. The lowest BCUT2D eigenvalue weighted by Gasteiger charge is -2.28. The number of aromatic nitrogens is 1. The highest BCUT2D eigenvalue weighted by molar-refractivity contribution is 7.11. The van der Waals surface area contributed by atoms with Gasteiger partial charge in [-0.2, -0.15) is 0 Å². The predicted octanol–water partition coefficient (Wildman–Crippen LogP) is 3.77. The molecule has 4 nitrogen and oxygen atoms in total. The molecular formula is C17H29Cl2N3OS. The van der Waals surface area contributed by atoms with Gasteiger partial charge in [0.2, 0.25) is 5.91 Å². The van der Waals surface area contributed by atoms with Crippen molar-refractivity contribution in [2.75, 3.05) is 20.1 Å². The second kappa shape index (κ2) is 8.35. The third kappa shape index (κ3) is 3.90. The molecule has 1 aliphatic carbocycles. The number of carbonyl (C=O) groups is 1. The topological polar surface area (TPSA) is 45.2 Å². The summed E-state index contributed by atoms with van der Waals surface area (Å²) < 4.78 is 0. The molecule has 1 saturated carbocycles. The van der Waals surface area contributed by atoms with Gasteiger partial charge in [0.15, 0.2) is 0 Å². The molecule has 1 amide bonds. The van der Waals surface area contributed by atoms with Crippen molar-refractivity contribution in [3.63, 3.8) is 0 Å². The molecule has 138 valence electrons. The van der Waals surface area contributed by atoms with Gasteiger partial charge in [0.25, 0.3) is 0 Å². The number of thiazole rings is 1. The van der Waals surface area contributed by atoms with Gasteiger partial charge >= 0.3 is 0 Å². The Morgan fingerprint density at radius 2 is 2.04 bits per heavy atom. The molecule has 2 atom stereocenters. The number of piperidine rings is 1. The average molecular weight is 394 g/mol. The molecule has 2 fully saturated rings. The number of rotatable bonds is 4. The van der Waals surface area contributed by atoms with Crippen molar-refractivity contribution in [3.8, 4) is 0 Å². The lowest BCUT2D eigenvalue weighted by Crippen LogP contribution is -2.35. The fourth-order valence-electron chi connectivity index (χ4n) is 3.79. The van der Waals surface area contributed by atoms with Crippen LogP contribution in [0.5, 0.6) is 0 Å². The van der Waals surface area contributed by atoms with Crippen LogP contribution in [-0.2, 0) is 11.2 Å². The number of nitrogens with one attached hydrogen (secondary N) is 1. The summed E-state index contributed by atoms with van der Waals surface area (Å²) in [5.74, 6) is 0.584. The molecule has 0 radical (unpaired) electrons. The Morgan fingerprint density at radius 1 is 1.42 bits per heavy atom. The van der Waals surface area contributed by atoms with Gasteiger partial charge in [-0.05, 0) is 58.0 Å². The molecule has 0 bridgehead atoms. The van der Waals surface area contributed by atoms with Crippen molar-refractivity contribution >= 4 is 42.1 Å². The smallest absolute Gasteiger partial charge is 0.226 e. The first-order valence-electron chi connectivity index (χ1n) is 8.42. The van der Waals surface area contributed by atoms with E-state index in [9.17, 15) is 4.79 Å². The summed E-state index contributed by atoms with van der Waals surface area (Å²) in [6.45, 7) is 8.46. The van der Waals surface area contributed by atoms with Crippen LogP contribution in [0.1, 0.15) is 54.7 Å². The lowest BCUT2D eigenvalue weighted by atomic mass is 9.91. The quantitative estimate of drug-likeness (QED) is 0.846. The van der Waals surface area contributed by atoms with Crippen molar-refractivity contribution in [1.82, 2.24) is 15.2 Å². The molecule has 2 unspecified atom stereocenters. The molecule has 3 rings (SSSR count). The maximum atomic E-state index is 12.9. The molecule has 2 heterocycles. The maximum absolute atomic E-state index is 12.9. The van der Waals surface area contributed by atoms with E-state index >= 15 is 0 Å². The van der Waals surface area contributed by atoms with Crippen LogP contribution in [-0.4, -0.2) is 35.9 Å². The Kier molecular flexibility index (Phi) is 7.54. The Morgan fingerprint density at radius 3 is 2.58 bits per heavy atom. The van der Waals surface area contributed by atoms with E-state index in [0.29, 0.717) is 11.3 Å². The van der Waals surface area contributed by atoms with Crippen molar-refractivity contribution in [3.05, 3.63) is 15.6 Å². The van der Waals surface area contributed by atoms with E-state index in [1.54, 1.807) is 11.3 Å². The number of amides is 1. The molecule has 1 aromatic rings. The highest BCUT2D eigenvalue weighted by Gasteiger charge is 2.58. The summed E-state index contributed by atoms with van der Waals surface area (Å²) in [5, 5.41) is 4.57. The Labute approximate surface area is 161 Å². The van der Waals surface area contributed by atoms with Crippen LogP contribution in [0.4, 0.5) is 0 Å². The minimum Gasteiger partial charge on any atom is -0.338 e. The number of carbonyl (C=O) groups excluding carboxylic acids is 1. The Balaban J connectivity index is 0.00000144. The van der Waals surface area contributed by atoms with E-state index in [1.165, 1.54) is 9.88 Å². The highest BCUT2D eigenvalue weighted by atomic mass is 35.5. The second-order valence-electron chi connectivity index (χ2n) is 6.91. The first-order valence-corrected chi connectivity index (χ1v) is 9.24. The zero-order chi connectivity index (χ0) is 15.9. The largest absolute Gasteiger partial charge is 0.338 e. The molecule has 1 spiro atoms. The van der Waals surface area contributed by atoms with E-state index in [4.69, 9.17) is 0 Å². The number of halogens is 2. The molecule has 1 aromatic heterocycles. The third-order valence-electron chi connectivity index (χ3n) is 5.57. The SMILES string of the molecule is CCc1nc(C)c(C(C)N(C)C(=O)C2CC23CCNCC3)s1.Cl.Cl. The van der Waals surface area contributed by atoms with Gasteiger partial charge in [-0.1, -0.05) is 6.92 Å². The Hall–Kier alpha value is -0.360. The fourth-order valence-corrected chi connectivity index (χ4v) is 4.89. The van der Waals surface area contributed by atoms with Gasteiger partial charge < -0.3 is 10.2 Å². The number of aryl methyl sites for hydroxylation is 2. The summed E-state index contributed by atoms with van der Waals surface area (Å²) >= 11 is 1.76. The second-order valence-corrected chi connectivity index (χ2v) is 8.02. The molecule has 1 aliphatic heterocycles. The average Bonchev–Trinajstić information content (AvgIpc) is 3.07. The van der Waals surface area contributed by atoms with Crippen molar-refractivity contribution in [2.45, 2.75) is 52.5 Å². The molecule has 24 heavy (non-hydrogen) atoms. The number of nitrogens with zero attached hydrogens (tertiary/aromatic N) is 2. The van der Waals surface area contributed by atoms with E-state index in [0.717, 1.165) is 44.5 Å². The minimum absolute atomic E-state index is 0. The van der Waals surface area contributed by atoms with Crippen LogP contribution >= 0.6 is 36.2 Å². The van der Waals surface area contributed by atoms with E-state index in [1.807, 2.05) is 11.9 Å². The van der Waals surface area contributed by atoms with Crippen LogP contribution in [0.25, 0.3) is 0 Å². The highest BCUT2D eigenvalue weighted by Crippen LogP contribution is 2.59. The molecule has 0 aromatic carbocycles. The summed E-state index contributed by atoms with van der Waals surface area (Å²) in [4.78, 5) is 20.7. The number of hydrogen-bond acceptors (Lipinski definition) is 4. The molecule has 7 heteroatoms. The van der Waals surface area contributed by atoms with Gasteiger partial charge in [0.05, 0.1) is 16.7 Å². The van der Waals surface area contributed by atoms with Crippen LogP contribution in [0.3, 0.4) is 0 Å². The van der Waals surface area contributed by atoms with Gasteiger partial charge in [-0.15, -0.1) is 36.2 Å². The fraction of sp³-hybridized carbons (Fsp3) is 0.765. The standard InChI is InChI=1S/C17H27N3OS.2ClH/c1-5-14-19-11(2)15(22-14)12(3)20(4)16(21)13-10-17(13)6-8-18-9-7-17;;/h12-13,18H,5-10H2,1-4H3;2*1H. The number of hydrogen-bond donors (Lipinski definition) is 1. The van der Waals surface area contributed by atoms with E-state index in [2.05, 4.69) is 31.1 Å². The summed E-state index contributed by atoms with van der Waals surface area (Å²) in [6.07, 6.45) is 4.37. The molecule has 1 N–H and O–H groups in total. The van der Waals surface area contributed by atoms with Crippen LogP contribution < -0.4 is 5.32 Å². The summed E-state index contributed by atoms with van der Waals surface area (Å²) in [6, 6.07) is 0.129. The first kappa shape index (κ1) is 21.7. The molecule has 1 saturated heterocycles. The van der Waals surface area contributed by atoms with E-state index < -0.39 is 0 Å². The maximum Gasteiger partial charge on any atom is 0.226 e. The zero-order valence-corrected chi connectivity index (χ0v) is 17.4. The van der Waals surface area contributed by atoms with Crippen LogP contribution in [0, 0.1) is 18.3 Å². The molecule has 2 aliphatic rings. The predicted molar refractivity (Wildman–Crippen MR) is 105 cm³/mol. The van der Waals surface area contributed by atoms with Crippen molar-refractivity contribution < 1.29 is 4.79 Å². The van der Waals surface area contributed by atoms with Crippen LogP contribution in [0.15, 0.2) is 0 Å². The first-order chi connectivity index (χ1) is 10.5. The molecular weight excluding hydrogens is 365 g/mol. The summed E-state index contributed by atoms with van der Waals surface area (Å²) in [5.41, 5.74) is 1.40. The third-order valence-corrected chi connectivity index (χ3v) is 7.05. The van der Waals surface area contributed by atoms with Crippen molar-refractivity contribution in [2.24, 2.45) is 11.3 Å². The summed E-state index contributed by atoms with van der Waals surface area (Å²) in [7, 11) is 1.96. The van der Waals surface area contributed by atoms with Crippen LogP contribution in [0.2, 0.25) is 0 Å². The van der Waals surface area contributed by atoms with Gasteiger partial charge in [-0.25, -0.2) is 4.98 Å². The van der Waals surface area contributed by atoms with Gasteiger partial charge in [0.1, 0.15) is 0 Å². The van der Waals surface area contributed by atoms with Gasteiger partial charge in [-0.3, -0.25) is 4.79 Å². The Bertz CT molecular complexity index is 572.